The highest BCUT2D eigenvalue weighted by molar-refractivity contribution is 7.89. The Balaban J connectivity index is 1.74. The van der Waals surface area contributed by atoms with Gasteiger partial charge in [-0.2, -0.15) is 0 Å². The summed E-state index contributed by atoms with van der Waals surface area (Å²) in [7, 11) is -2.33. The van der Waals surface area contributed by atoms with Crippen molar-refractivity contribution in [2.24, 2.45) is 0 Å². The van der Waals surface area contributed by atoms with Crippen molar-refractivity contribution in [1.82, 2.24) is 9.62 Å². The van der Waals surface area contributed by atoms with Crippen LogP contribution in [0.1, 0.15) is 18.1 Å². The lowest BCUT2D eigenvalue weighted by Gasteiger charge is -2.27. The van der Waals surface area contributed by atoms with E-state index in [1.165, 1.54) is 32.2 Å². The summed E-state index contributed by atoms with van der Waals surface area (Å²) in [6.45, 7) is 5.41. The van der Waals surface area contributed by atoms with Crippen molar-refractivity contribution in [2.75, 3.05) is 38.7 Å². The Morgan fingerprint density at radius 2 is 1.83 bits per heavy atom. The van der Waals surface area contributed by atoms with E-state index in [1.54, 1.807) is 0 Å². The highest BCUT2D eigenvalue weighted by Crippen LogP contribution is 2.27. The second-order valence-electron chi connectivity index (χ2n) is 7.03. The number of nitrogens with zero attached hydrogens (tertiary/aromatic N) is 1. The van der Waals surface area contributed by atoms with Crippen LogP contribution >= 0.6 is 0 Å². The fourth-order valence-corrected chi connectivity index (χ4v) is 4.31. The molecule has 0 spiro atoms. The molecule has 3 rings (SSSR count). The van der Waals surface area contributed by atoms with Crippen molar-refractivity contribution in [3.63, 3.8) is 0 Å². The molecule has 0 atom stereocenters. The van der Waals surface area contributed by atoms with Crippen LogP contribution in [0.2, 0.25) is 0 Å². The van der Waals surface area contributed by atoms with Crippen molar-refractivity contribution in [1.29, 1.82) is 0 Å². The van der Waals surface area contributed by atoms with Gasteiger partial charge in [0.2, 0.25) is 15.9 Å². The van der Waals surface area contributed by atoms with Gasteiger partial charge in [0, 0.05) is 33.1 Å². The number of morpholine rings is 1. The molecule has 1 saturated heterocycles. The molecule has 1 aliphatic rings. The van der Waals surface area contributed by atoms with Gasteiger partial charge in [0.05, 0.1) is 30.9 Å². The predicted molar refractivity (Wildman–Crippen MR) is 114 cm³/mol. The van der Waals surface area contributed by atoms with E-state index in [9.17, 15) is 13.2 Å². The minimum Gasteiger partial charge on any atom is -0.495 e. The summed E-state index contributed by atoms with van der Waals surface area (Å²) >= 11 is 0. The molecule has 1 heterocycles. The van der Waals surface area contributed by atoms with Gasteiger partial charge in [0.15, 0.2) is 0 Å². The monoisotopic (exact) mass is 433 g/mol. The lowest BCUT2D eigenvalue weighted by Crippen LogP contribution is -2.36. The zero-order valence-corrected chi connectivity index (χ0v) is 18.0. The first-order valence-electron chi connectivity index (χ1n) is 9.71. The second-order valence-corrected chi connectivity index (χ2v) is 8.79. The van der Waals surface area contributed by atoms with Crippen molar-refractivity contribution in [3.05, 3.63) is 53.6 Å². The van der Waals surface area contributed by atoms with Gasteiger partial charge in [0.1, 0.15) is 5.75 Å². The molecule has 0 saturated carbocycles. The number of benzene rings is 2. The Bertz CT molecular complexity index is 988. The number of methoxy groups -OCH3 is 1. The SMILES string of the molecule is COc1ccc(S(=O)(=O)NCc2ccccc2CN2CCOCC2)cc1NC(C)=O. The molecule has 2 aromatic carbocycles. The summed E-state index contributed by atoms with van der Waals surface area (Å²) in [4.78, 5) is 13.8. The molecule has 8 nitrogen and oxygen atoms in total. The molecule has 30 heavy (non-hydrogen) atoms. The highest BCUT2D eigenvalue weighted by Gasteiger charge is 2.18. The van der Waals surface area contributed by atoms with Gasteiger partial charge in [0.25, 0.3) is 0 Å². The highest BCUT2D eigenvalue weighted by atomic mass is 32.2. The summed E-state index contributed by atoms with van der Waals surface area (Å²) < 4.78 is 38.9. The van der Waals surface area contributed by atoms with E-state index in [4.69, 9.17) is 9.47 Å². The van der Waals surface area contributed by atoms with Gasteiger partial charge in [-0.3, -0.25) is 9.69 Å². The van der Waals surface area contributed by atoms with Gasteiger partial charge in [-0.25, -0.2) is 13.1 Å². The lowest BCUT2D eigenvalue weighted by molar-refractivity contribution is -0.114. The fourth-order valence-electron chi connectivity index (χ4n) is 3.28. The molecule has 0 unspecified atom stereocenters. The van der Waals surface area contributed by atoms with E-state index < -0.39 is 10.0 Å². The summed E-state index contributed by atoms with van der Waals surface area (Å²) in [5, 5.41) is 2.59. The van der Waals surface area contributed by atoms with Gasteiger partial charge in [-0.1, -0.05) is 24.3 Å². The third kappa shape index (κ3) is 5.79. The quantitative estimate of drug-likeness (QED) is 0.661. The standard InChI is InChI=1S/C21H27N3O5S/c1-16(25)23-20-13-19(7-8-21(20)28-2)30(26,27)22-14-17-5-3-4-6-18(17)15-24-9-11-29-12-10-24/h3-8,13,22H,9-12,14-15H2,1-2H3,(H,23,25). The van der Waals surface area contributed by atoms with Crippen molar-refractivity contribution >= 4 is 21.6 Å². The van der Waals surface area contributed by atoms with E-state index in [1.807, 2.05) is 24.3 Å². The number of rotatable bonds is 8. The topological polar surface area (TPSA) is 97.0 Å². The summed E-state index contributed by atoms with van der Waals surface area (Å²) in [6, 6.07) is 12.2. The largest absolute Gasteiger partial charge is 0.495 e. The molecular formula is C21H27N3O5S. The number of ether oxygens (including phenoxy) is 2. The smallest absolute Gasteiger partial charge is 0.240 e. The van der Waals surface area contributed by atoms with E-state index in [-0.39, 0.29) is 17.3 Å². The summed E-state index contributed by atoms with van der Waals surface area (Å²) in [6.07, 6.45) is 0. The third-order valence-corrected chi connectivity index (χ3v) is 6.26. The van der Waals surface area contributed by atoms with Crippen LogP contribution in [0.3, 0.4) is 0 Å². The number of hydrogen-bond donors (Lipinski definition) is 2. The summed E-state index contributed by atoms with van der Waals surface area (Å²) in [5.74, 6) is 0.0767. The van der Waals surface area contributed by atoms with Gasteiger partial charge >= 0.3 is 0 Å². The third-order valence-electron chi connectivity index (χ3n) is 4.86. The molecular weight excluding hydrogens is 406 g/mol. The van der Waals surface area contributed by atoms with Crippen molar-refractivity contribution in [2.45, 2.75) is 24.9 Å². The molecule has 162 valence electrons. The number of carbonyl (C=O) groups excluding carboxylic acids is 1. The Labute approximate surface area is 177 Å². The molecule has 0 aliphatic carbocycles. The molecule has 1 aliphatic heterocycles. The second kappa shape index (κ2) is 10.0. The van der Waals surface area contributed by atoms with Crippen LogP contribution in [0.4, 0.5) is 5.69 Å². The maximum atomic E-state index is 12.9. The van der Waals surface area contributed by atoms with Gasteiger partial charge in [-0.05, 0) is 29.3 Å². The van der Waals surface area contributed by atoms with Crippen LogP contribution in [-0.4, -0.2) is 52.6 Å². The molecule has 0 bridgehead atoms. The van der Waals surface area contributed by atoms with E-state index in [2.05, 4.69) is 14.9 Å². The first kappa shape index (κ1) is 22.2. The molecule has 2 N–H and O–H groups in total. The zero-order valence-electron chi connectivity index (χ0n) is 17.2. The Morgan fingerprint density at radius 3 is 2.50 bits per heavy atom. The average molecular weight is 434 g/mol. The van der Waals surface area contributed by atoms with Crippen LogP contribution in [0.25, 0.3) is 0 Å². The first-order chi connectivity index (χ1) is 14.4. The van der Waals surface area contributed by atoms with Gasteiger partial charge < -0.3 is 14.8 Å². The van der Waals surface area contributed by atoms with Crippen LogP contribution in [-0.2, 0) is 32.6 Å². The molecule has 2 aromatic rings. The zero-order chi connectivity index (χ0) is 21.6. The van der Waals surface area contributed by atoms with E-state index in [0.717, 1.165) is 30.8 Å². The minimum atomic E-state index is -3.78. The van der Waals surface area contributed by atoms with Crippen LogP contribution < -0.4 is 14.8 Å². The minimum absolute atomic E-state index is 0.0534. The Morgan fingerprint density at radius 1 is 1.13 bits per heavy atom. The maximum absolute atomic E-state index is 12.9. The number of amides is 1. The summed E-state index contributed by atoms with van der Waals surface area (Å²) in [5.41, 5.74) is 2.31. The lowest BCUT2D eigenvalue weighted by atomic mass is 10.1. The van der Waals surface area contributed by atoms with E-state index >= 15 is 0 Å². The molecule has 0 aromatic heterocycles. The van der Waals surface area contributed by atoms with Crippen molar-refractivity contribution in [3.8, 4) is 5.75 Å². The molecule has 1 amide bonds. The van der Waals surface area contributed by atoms with Crippen molar-refractivity contribution < 1.29 is 22.7 Å². The van der Waals surface area contributed by atoms with Gasteiger partial charge in [-0.15, -0.1) is 0 Å². The maximum Gasteiger partial charge on any atom is 0.240 e. The number of anilines is 1. The first-order valence-corrected chi connectivity index (χ1v) is 11.2. The van der Waals surface area contributed by atoms with Crippen LogP contribution in [0.15, 0.2) is 47.4 Å². The Hall–Kier alpha value is -2.46. The fraction of sp³-hybridized carbons (Fsp3) is 0.381. The van der Waals surface area contributed by atoms with E-state index in [0.29, 0.717) is 24.7 Å². The normalized spacial score (nSPS) is 15.0. The number of hydrogen-bond acceptors (Lipinski definition) is 6. The molecule has 9 heteroatoms. The number of sulfonamides is 1. The average Bonchev–Trinajstić information content (AvgIpc) is 2.73. The molecule has 0 radical (unpaired) electrons. The number of nitrogens with one attached hydrogen (secondary N) is 2. The Kier molecular flexibility index (Phi) is 7.43. The van der Waals surface area contributed by atoms with Crippen LogP contribution in [0.5, 0.6) is 5.75 Å². The number of carbonyl (C=O) groups is 1. The van der Waals surface area contributed by atoms with Crippen LogP contribution in [0, 0.1) is 0 Å². The predicted octanol–water partition coefficient (Wildman–Crippen LogP) is 1.96. The molecule has 1 fully saturated rings.